The fraction of sp³-hybridized carbons (Fsp3) is 0.346. The largest absolute Gasteiger partial charge is 0.329 e. The number of amides is 1. The Balaban J connectivity index is 1.56. The Morgan fingerprint density at radius 2 is 1.92 bits per heavy atom. The van der Waals surface area contributed by atoms with E-state index in [1.807, 2.05) is 27.7 Å². The Bertz CT molecular complexity index is 1420. The molecule has 2 aromatic carbocycles. The maximum Gasteiger partial charge on any atom is 0.241 e. The number of anilines is 1. The summed E-state index contributed by atoms with van der Waals surface area (Å²) in [7, 11) is -3.20. The monoisotopic (exact) mass is 634 g/mol. The van der Waals surface area contributed by atoms with Crippen molar-refractivity contribution in [1.82, 2.24) is 14.5 Å². The van der Waals surface area contributed by atoms with Crippen molar-refractivity contribution in [3.8, 4) is 6.07 Å². The summed E-state index contributed by atoms with van der Waals surface area (Å²) in [5, 5.41) is 9.03. The number of nitriles is 1. The predicted molar refractivity (Wildman–Crippen MR) is 147 cm³/mol. The van der Waals surface area contributed by atoms with E-state index in [0.29, 0.717) is 42.9 Å². The number of alkyl halides is 1. The van der Waals surface area contributed by atoms with Crippen molar-refractivity contribution in [2.24, 2.45) is 0 Å². The van der Waals surface area contributed by atoms with Gasteiger partial charge in [-0.05, 0) is 70.5 Å². The lowest BCUT2D eigenvalue weighted by Gasteiger charge is -2.41. The van der Waals surface area contributed by atoms with Gasteiger partial charge in [0.15, 0.2) is 0 Å². The van der Waals surface area contributed by atoms with E-state index in [1.165, 1.54) is 6.26 Å². The van der Waals surface area contributed by atoms with Gasteiger partial charge in [-0.2, -0.15) is 5.26 Å². The van der Waals surface area contributed by atoms with Crippen LogP contribution in [0.25, 0.3) is 0 Å². The van der Waals surface area contributed by atoms with Crippen LogP contribution in [0.3, 0.4) is 0 Å². The molecule has 1 fully saturated rings. The number of piperazine rings is 1. The Labute approximate surface area is 229 Å². The molecule has 1 aromatic heterocycles. The van der Waals surface area contributed by atoms with Crippen molar-refractivity contribution in [2.75, 3.05) is 30.0 Å². The average Bonchev–Trinajstić information content (AvgIpc) is 3.29. The molecule has 0 unspecified atom stereocenters. The second kappa shape index (κ2) is 11.7. The van der Waals surface area contributed by atoms with Crippen molar-refractivity contribution < 1.29 is 17.6 Å². The van der Waals surface area contributed by atoms with Crippen LogP contribution in [0.5, 0.6) is 0 Å². The molecule has 194 valence electrons. The summed E-state index contributed by atoms with van der Waals surface area (Å²) in [6, 6.07) is 14.5. The molecule has 1 aliphatic heterocycles. The Hall–Kier alpha value is -2.82. The number of rotatable bonds is 9. The first kappa shape index (κ1) is 27.2. The third-order valence-electron chi connectivity index (χ3n) is 6.38. The van der Waals surface area contributed by atoms with Crippen LogP contribution in [0.2, 0.25) is 0 Å². The van der Waals surface area contributed by atoms with E-state index in [0.717, 1.165) is 14.8 Å². The number of carbonyl (C=O) groups is 1. The first-order chi connectivity index (χ1) is 17.6. The van der Waals surface area contributed by atoms with Crippen LogP contribution in [-0.2, 0) is 34.4 Å². The minimum Gasteiger partial charge on any atom is -0.329 e. The maximum atomic E-state index is 13.4. The average molecular weight is 635 g/mol. The van der Waals surface area contributed by atoms with Gasteiger partial charge in [-0.15, -0.1) is 0 Å². The number of imidazole rings is 1. The SMILES string of the molecule is CS(=O)(=O)CC[C@H]1CN(c2cc(I)cc(C[18F])c2)C(=O)CN1Cc1cncn1Cc1ccc(C#N)cc1. The van der Waals surface area contributed by atoms with Crippen LogP contribution in [0, 0.1) is 14.9 Å². The lowest BCUT2D eigenvalue weighted by atomic mass is 10.1. The molecule has 0 saturated carbocycles. The molecule has 1 atom stereocenters. The van der Waals surface area contributed by atoms with Gasteiger partial charge in [0.05, 0.1) is 36.0 Å². The molecule has 0 spiro atoms. The number of halogens is 2. The van der Waals surface area contributed by atoms with Crippen LogP contribution in [0.4, 0.5) is 10.1 Å². The summed E-state index contributed by atoms with van der Waals surface area (Å²) in [6.07, 6.45) is 5.05. The van der Waals surface area contributed by atoms with Gasteiger partial charge in [-0.1, -0.05) is 12.1 Å². The zero-order chi connectivity index (χ0) is 26.6. The van der Waals surface area contributed by atoms with Crippen molar-refractivity contribution in [3.05, 3.63) is 80.9 Å². The minimum absolute atomic E-state index is 0.00273. The molecule has 0 N–H and O–H groups in total. The standard InChI is InChI=1S/C26H27FIN5O3S/c1-37(35,36)7-6-23-16-33(24-9-21(11-27)8-22(28)10-24)26(34)17-31(23)15-25-13-30-18-32(25)14-20-4-2-19(12-29)3-5-20/h2-5,8-10,13,18,23H,6-7,11,14-17H2,1H3/t23-/m0/s1/i27-1. The number of sulfone groups is 1. The van der Waals surface area contributed by atoms with Gasteiger partial charge < -0.3 is 9.47 Å². The number of nitrogens with zero attached hydrogens (tertiary/aromatic N) is 5. The molecular formula is C26H27FIN5O3S. The van der Waals surface area contributed by atoms with E-state index in [4.69, 9.17) is 5.26 Å². The summed E-state index contributed by atoms with van der Waals surface area (Å²) in [6.45, 7) is 0.763. The quantitative estimate of drug-likeness (QED) is 0.334. The summed E-state index contributed by atoms with van der Waals surface area (Å²) >= 11 is 2.10. The van der Waals surface area contributed by atoms with E-state index in [2.05, 4.69) is 33.6 Å². The lowest BCUT2D eigenvalue weighted by molar-refractivity contribution is -0.122. The zero-order valence-electron chi connectivity index (χ0n) is 20.3. The van der Waals surface area contributed by atoms with Gasteiger partial charge >= 0.3 is 0 Å². The van der Waals surface area contributed by atoms with Crippen molar-refractivity contribution in [3.63, 3.8) is 0 Å². The lowest BCUT2D eigenvalue weighted by Crippen LogP contribution is -2.56. The summed E-state index contributed by atoms with van der Waals surface area (Å²) in [4.78, 5) is 21.2. The number of hydrogen-bond donors (Lipinski definition) is 0. The molecule has 37 heavy (non-hydrogen) atoms. The van der Waals surface area contributed by atoms with Crippen LogP contribution in [0.1, 0.15) is 28.8 Å². The van der Waals surface area contributed by atoms with Crippen molar-refractivity contribution in [1.29, 1.82) is 5.26 Å². The number of hydrogen-bond acceptors (Lipinski definition) is 6. The van der Waals surface area contributed by atoms with Gasteiger partial charge in [-0.3, -0.25) is 9.69 Å². The zero-order valence-corrected chi connectivity index (χ0v) is 23.3. The van der Waals surface area contributed by atoms with Crippen molar-refractivity contribution in [2.45, 2.75) is 32.2 Å². The predicted octanol–water partition coefficient (Wildman–Crippen LogP) is 3.53. The highest BCUT2D eigenvalue weighted by molar-refractivity contribution is 14.1. The van der Waals surface area contributed by atoms with Gasteiger partial charge in [0.2, 0.25) is 5.91 Å². The maximum absolute atomic E-state index is 13.4. The van der Waals surface area contributed by atoms with Gasteiger partial charge in [0.1, 0.15) is 16.5 Å². The van der Waals surface area contributed by atoms with Gasteiger partial charge in [0.25, 0.3) is 0 Å². The van der Waals surface area contributed by atoms with Gasteiger partial charge in [-0.25, -0.2) is 17.8 Å². The smallest absolute Gasteiger partial charge is 0.241 e. The molecule has 0 aliphatic carbocycles. The highest BCUT2D eigenvalue weighted by Gasteiger charge is 2.34. The topological polar surface area (TPSA) is 99.3 Å². The Morgan fingerprint density at radius 1 is 1.16 bits per heavy atom. The molecule has 0 bridgehead atoms. The Morgan fingerprint density at radius 3 is 2.59 bits per heavy atom. The molecule has 1 aliphatic rings. The van der Waals surface area contributed by atoms with Crippen molar-refractivity contribution >= 4 is 44.0 Å². The molecule has 11 heteroatoms. The summed E-state index contributed by atoms with van der Waals surface area (Å²) in [5.74, 6) is -0.122. The summed E-state index contributed by atoms with van der Waals surface area (Å²) in [5.41, 5.74) is 3.61. The second-order valence-corrected chi connectivity index (χ2v) is 12.8. The van der Waals surface area contributed by atoms with Crippen LogP contribution in [0.15, 0.2) is 55.0 Å². The van der Waals surface area contributed by atoms with E-state index in [-0.39, 0.29) is 24.2 Å². The first-order valence-corrected chi connectivity index (χ1v) is 14.8. The van der Waals surface area contributed by atoms with Crippen LogP contribution < -0.4 is 4.90 Å². The van der Waals surface area contributed by atoms with Crippen LogP contribution in [-0.4, -0.2) is 59.9 Å². The number of aromatic nitrogens is 2. The minimum atomic E-state index is -3.20. The Kier molecular flexibility index (Phi) is 8.61. The van der Waals surface area contributed by atoms with Crippen LogP contribution >= 0.6 is 22.6 Å². The van der Waals surface area contributed by atoms with E-state index in [1.54, 1.807) is 41.7 Å². The molecule has 1 saturated heterocycles. The highest BCUT2D eigenvalue weighted by Crippen LogP contribution is 2.27. The fourth-order valence-corrected chi connectivity index (χ4v) is 5.87. The third-order valence-corrected chi connectivity index (χ3v) is 7.98. The highest BCUT2D eigenvalue weighted by atomic mass is 127. The van der Waals surface area contributed by atoms with E-state index in [9.17, 15) is 17.6 Å². The summed E-state index contributed by atoms with van der Waals surface area (Å²) < 4.78 is 40.1. The van der Waals surface area contributed by atoms with E-state index < -0.39 is 16.5 Å². The second-order valence-electron chi connectivity index (χ2n) is 9.25. The number of carbonyl (C=O) groups excluding carboxylic acids is 1. The molecule has 4 rings (SSSR count). The molecule has 0 radical (unpaired) electrons. The molecule has 8 nitrogen and oxygen atoms in total. The molecular weight excluding hydrogens is 607 g/mol. The normalized spacial score (nSPS) is 16.6. The van der Waals surface area contributed by atoms with Gasteiger partial charge in [0, 0.05) is 47.4 Å². The molecule has 1 amide bonds. The van der Waals surface area contributed by atoms with E-state index >= 15 is 0 Å². The molecule has 2 heterocycles. The first-order valence-electron chi connectivity index (χ1n) is 11.7. The number of benzene rings is 2. The fourth-order valence-electron chi connectivity index (χ4n) is 4.45. The molecule has 3 aromatic rings. The third kappa shape index (κ3) is 7.15.